The number of terminal acetylenes is 1. The number of alkyl carbamates (subject to hydrolysis) is 1. The number of nitrogens with one attached hydrogen (secondary N) is 1. The number of hydrogen-bond donors (Lipinski definition) is 2. The third kappa shape index (κ3) is 12.0. The van der Waals surface area contributed by atoms with Gasteiger partial charge in [-0.3, -0.25) is 10.1 Å². The molecule has 2 rings (SSSR count). The molecule has 0 aliphatic heterocycles. The zero-order valence-corrected chi connectivity index (χ0v) is 23.0. The van der Waals surface area contributed by atoms with Gasteiger partial charge in [0.2, 0.25) is 0 Å². The topological polar surface area (TPSA) is 106 Å². The van der Waals surface area contributed by atoms with Crippen LogP contribution >= 0.6 is 0 Å². The molecule has 0 aliphatic carbocycles. The highest BCUT2D eigenvalue weighted by molar-refractivity contribution is 5.97. The van der Waals surface area contributed by atoms with Gasteiger partial charge in [-0.25, -0.2) is 9.59 Å². The number of aromatic hydroxyl groups is 1. The highest BCUT2D eigenvalue weighted by Gasteiger charge is 2.19. The number of benzene rings is 1. The van der Waals surface area contributed by atoms with Crippen LogP contribution < -0.4 is 10.9 Å². The minimum absolute atomic E-state index is 0.116. The van der Waals surface area contributed by atoms with Crippen molar-refractivity contribution in [2.24, 2.45) is 0 Å². The lowest BCUT2D eigenvalue weighted by Gasteiger charge is -2.10. The van der Waals surface area contributed by atoms with Gasteiger partial charge in [0.25, 0.3) is 0 Å². The fraction of sp³-hybridized carbons (Fsp3) is 0.452. The Kier molecular flexibility index (Phi) is 15.7. The molecule has 0 radical (unpaired) electrons. The van der Waals surface area contributed by atoms with Crippen LogP contribution in [-0.4, -0.2) is 24.1 Å². The van der Waals surface area contributed by atoms with E-state index in [4.69, 9.17) is 10.8 Å². The zero-order chi connectivity index (χ0) is 28.3. The highest BCUT2D eigenvalue weighted by atomic mass is 16.5. The Bertz CT molecular complexity index is 1120. The van der Waals surface area contributed by atoms with Crippen molar-refractivity contribution in [1.82, 2.24) is 5.32 Å². The van der Waals surface area contributed by atoms with E-state index >= 15 is 0 Å². The third-order valence-corrected chi connectivity index (χ3v) is 5.95. The Morgan fingerprint density at radius 1 is 1.16 bits per heavy atom. The molecular formula is C31H41NO6. The van der Waals surface area contributed by atoms with Gasteiger partial charge < -0.3 is 14.3 Å². The van der Waals surface area contributed by atoms with E-state index in [1.165, 1.54) is 62.6 Å². The number of hydrogen-bond acceptors (Lipinski definition) is 6. The van der Waals surface area contributed by atoms with E-state index in [1.54, 1.807) is 13.0 Å². The first-order valence-corrected chi connectivity index (χ1v) is 13.2. The van der Waals surface area contributed by atoms with Gasteiger partial charge >= 0.3 is 11.7 Å². The van der Waals surface area contributed by atoms with Crippen molar-refractivity contribution in [2.75, 3.05) is 7.11 Å². The van der Waals surface area contributed by atoms with Crippen LogP contribution in [0.2, 0.25) is 0 Å². The molecule has 38 heavy (non-hydrogen) atoms. The predicted molar refractivity (Wildman–Crippen MR) is 150 cm³/mol. The van der Waals surface area contributed by atoms with E-state index in [0.717, 1.165) is 6.42 Å². The number of rotatable bonds is 13. The quantitative estimate of drug-likeness (QED) is 0.172. The van der Waals surface area contributed by atoms with E-state index < -0.39 is 17.5 Å². The molecule has 7 heteroatoms. The number of amides is 1. The Morgan fingerprint density at radius 3 is 2.42 bits per heavy atom. The summed E-state index contributed by atoms with van der Waals surface area (Å²) in [6, 6.07) is 10.0. The number of methoxy groups -OCH3 is 1. The summed E-state index contributed by atoms with van der Waals surface area (Å²) >= 11 is 0. The number of carbonyl (C=O) groups is 2. The summed E-state index contributed by atoms with van der Waals surface area (Å²) in [7, 11) is 1.27. The van der Waals surface area contributed by atoms with Gasteiger partial charge in [0.05, 0.1) is 7.11 Å². The molecule has 1 atom stereocenters. The second-order valence-corrected chi connectivity index (χ2v) is 9.00. The molecular weight excluding hydrogens is 482 g/mol. The van der Waals surface area contributed by atoms with Gasteiger partial charge in [-0.2, -0.15) is 0 Å². The van der Waals surface area contributed by atoms with Gasteiger partial charge in [0.15, 0.2) is 5.78 Å². The SMILES string of the molecule is C#CCc1ccc(CCCCCC)cc1.CCC(=O)c1c(O)cc(C(C)CC/C=C/NC(=O)OC)oc1=O. The van der Waals surface area contributed by atoms with Crippen molar-refractivity contribution in [3.63, 3.8) is 0 Å². The van der Waals surface area contributed by atoms with Gasteiger partial charge in [-0.1, -0.05) is 70.4 Å². The monoisotopic (exact) mass is 523 g/mol. The molecule has 2 aromatic rings. The molecule has 1 aromatic carbocycles. The van der Waals surface area contributed by atoms with E-state index in [0.29, 0.717) is 18.6 Å². The standard InChI is InChI=1S/C16H21NO6.C15H20/c1-4-11(18)14-12(19)9-13(23-15(14)20)10(2)7-5-6-8-17-16(21)22-3;1-3-5-6-7-9-15-12-10-14(8-4-2)11-13-15/h6,8-10,19H,4-5,7H2,1-3H3,(H,17,21);2,10-13H,3,5-9H2,1H3/b8-6+;. The summed E-state index contributed by atoms with van der Waals surface area (Å²) in [5.41, 5.74) is 1.56. The highest BCUT2D eigenvalue weighted by Crippen LogP contribution is 2.25. The van der Waals surface area contributed by atoms with Crippen molar-refractivity contribution < 1.29 is 23.8 Å². The fourth-order valence-corrected chi connectivity index (χ4v) is 3.63. The molecule has 1 heterocycles. The fourth-order valence-electron chi connectivity index (χ4n) is 3.63. The van der Waals surface area contributed by atoms with Gasteiger partial charge in [-0.05, 0) is 36.8 Å². The molecule has 0 bridgehead atoms. The van der Waals surface area contributed by atoms with Crippen LogP contribution in [0.5, 0.6) is 5.75 Å². The number of unbranched alkanes of at least 4 members (excludes halogenated alkanes) is 3. The van der Waals surface area contributed by atoms with Crippen LogP contribution in [0.1, 0.15) is 98.9 Å². The van der Waals surface area contributed by atoms with E-state index in [1.807, 2.05) is 6.92 Å². The van der Waals surface area contributed by atoms with Crippen LogP contribution in [0.15, 0.2) is 51.8 Å². The maximum Gasteiger partial charge on any atom is 0.410 e. The average Bonchev–Trinajstić information content (AvgIpc) is 2.91. The Hall–Kier alpha value is -3.79. The van der Waals surface area contributed by atoms with E-state index in [-0.39, 0.29) is 23.7 Å². The summed E-state index contributed by atoms with van der Waals surface area (Å²) in [5, 5.41) is 12.3. The molecule has 0 spiro atoms. The van der Waals surface area contributed by atoms with Crippen LogP contribution in [0.3, 0.4) is 0 Å². The second-order valence-electron chi connectivity index (χ2n) is 9.00. The maximum atomic E-state index is 11.8. The molecule has 0 aliphatic rings. The van der Waals surface area contributed by atoms with Gasteiger partial charge in [-0.15, -0.1) is 12.3 Å². The third-order valence-electron chi connectivity index (χ3n) is 5.95. The number of carbonyl (C=O) groups excluding carboxylic acids is 2. The first-order valence-electron chi connectivity index (χ1n) is 13.2. The first kappa shape index (κ1) is 32.2. The second kappa shape index (κ2) is 18.5. The zero-order valence-electron chi connectivity index (χ0n) is 23.0. The van der Waals surface area contributed by atoms with Crippen molar-refractivity contribution in [2.45, 2.75) is 84.5 Å². The number of aryl methyl sites for hydroxylation is 1. The Balaban J connectivity index is 0.000000415. The molecule has 0 saturated heterocycles. The average molecular weight is 524 g/mol. The number of ketones is 1. The lowest BCUT2D eigenvalue weighted by atomic mass is 10.0. The van der Waals surface area contributed by atoms with Crippen LogP contribution in [-0.2, 0) is 17.6 Å². The number of allylic oxidation sites excluding steroid dienone is 1. The molecule has 0 fully saturated rings. The molecule has 1 unspecified atom stereocenters. The largest absolute Gasteiger partial charge is 0.507 e. The van der Waals surface area contributed by atoms with Crippen LogP contribution in [0.4, 0.5) is 4.79 Å². The van der Waals surface area contributed by atoms with Crippen molar-refractivity contribution in [3.05, 3.63) is 75.5 Å². The molecule has 7 nitrogen and oxygen atoms in total. The smallest absolute Gasteiger partial charge is 0.410 e. The summed E-state index contributed by atoms with van der Waals surface area (Å²) in [5.74, 6) is 2.04. The predicted octanol–water partition coefficient (Wildman–Crippen LogP) is 6.68. The lowest BCUT2D eigenvalue weighted by molar-refractivity contribution is 0.0980. The molecule has 1 amide bonds. The van der Waals surface area contributed by atoms with Gasteiger partial charge in [0, 0.05) is 31.0 Å². The Morgan fingerprint density at radius 2 is 1.84 bits per heavy atom. The molecule has 206 valence electrons. The van der Waals surface area contributed by atoms with Gasteiger partial charge in [0.1, 0.15) is 17.1 Å². The van der Waals surface area contributed by atoms with Crippen LogP contribution in [0, 0.1) is 12.3 Å². The maximum absolute atomic E-state index is 11.8. The summed E-state index contributed by atoms with van der Waals surface area (Å²) in [4.78, 5) is 34.2. The van der Waals surface area contributed by atoms with Crippen molar-refractivity contribution in [1.29, 1.82) is 0 Å². The number of ether oxygens (including phenoxy) is 1. The number of Topliss-reactive ketones (excluding diaryl/α,β-unsaturated/α-hetero) is 1. The summed E-state index contributed by atoms with van der Waals surface area (Å²) < 4.78 is 9.54. The normalized spacial score (nSPS) is 11.2. The minimum Gasteiger partial charge on any atom is -0.507 e. The van der Waals surface area contributed by atoms with Crippen molar-refractivity contribution >= 4 is 11.9 Å². The molecule has 2 N–H and O–H groups in total. The summed E-state index contributed by atoms with van der Waals surface area (Å²) in [6.45, 7) is 5.68. The van der Waals surface area contributed by atoms with Crippen LogP contribution in [0.25, 0.3) is 0 Å². The molecule has 1 aromatic heterocycles. The van der Waals surface area contributed by atoms with Crippen molar-refractivity contribution in [3.8, 4) is 18.1 Å². The minimum atomic E-state index is -0.818. The first-order chi connectivity index (χ1) is 18.3. The van der Waals surface area contributed by atoms with E-state index in [9.17, 15) is 19.5 Å². The Labute approximate surface area is 226 Å². The van der Waals surface area contributed by atoms with E-state index in [2.05, 4.69) is 47.2 Å². The molecule has 0 saturated carbocycles. The summed E-state index contributed by atoms with van der Waals surface area (Å²) in [6.07, 6.45) is 16.5. The lowest BCUT2D eigenvalue weighted by Crippen LogP contribution is -2.16.